The molecule has 0 spiro atoms. The van der Waals surface area contributed by atoms with Crippen LogP contribution in [0.25, 0.3) is 0 Å². The third-order valence-electron chi connectivity index (χ3n) is 10.8. The number of nitrogens with zero attached hydrogens (tertiary/aromatic N) is 1. The second-order valence-corrected chi connectivity index (χ2v) is 18.1. The maximum absolute atomic E-state index is 12.8. The first-order chi connectivity index (χ1) is 30.1. The van der Waals surface area contributed by atoms with Gasteiger partial charge in [0.25, 0.3) is 0 Å². The van der Waals surface area contributed by atoms with Crippen molar-refractivity contribution in [2.24, 2.45) is 0 Å². The fraction of sp³-hybridized carbons (Fsp3) is 0.792. The highest BCUT2D eigenvalue weighted by molar-refractivity contribution is 5.70. The summed E-state index contributed by atoms with van der Waals surface area (Å²) in [4.78, 5) is 37.1. The summed E-state index contributed by atoms with van der Waals surface area (Å²) in [6.45, 7) is 4.64. The SMILES string of the molecule is CC/C=C\C/C=C\C/C=C\C/C=C\CCCCCCCCCCCCC(=O)OC(COC(=O)CCCCCCCCCCCCCCCC)COC(OCC[N+](C)(C)C)C(=O)[O-]. The van der Waals surface area contributed by atoms with Crippen LogP contribution in [0.3, 0.4) is 0 Å². The van der Waals surface area contributed by atoms with Gasteiger partial charge < -0.3 is 33.3 Å². The van der Waals surface area contributed by atoms with Crippen molar-refractivity contribution in [1.29, 1.82) is 0 Å². The van der Waals surface area contributed by atoms with Crippen molar-refractivity contribution < 1.29 is 42.9 Å². The van der Waals surface area contributed by atoms with E-state index in [1.54, 1.807) is 0 Å². The molecule has 9 nitrogen and oxygen atoms in total. The molecule has 0 aromatic carbocycles. The van der Waals surface area contributed by atoms with Crippen LogP contribution in [-0.2, 0) is 33.3 Å². The topological polar surface area (TPSA) is 111 Å². The molecule has 0 radical (unpaired) electrons. The van der Waals surface area contributed by atoms with E-state index in [9.17, 15) is 19.5 Å². The van der Waals surface area contributed by atoms with Gasteiger partial charge in [-0.25, -0.2) is 0 Å². The molecular weight excluding hydrogens is 779 g/mol. The Balaban J connectivity index is 4.32. The number of hydrogen-bond donors (Lipinski definition) is 0. The monoisotopic (exact) mass is 874 g/mol. The molecule has 62 heavy (non-hydrogen) atoms. The lowest BCUT2D eigenvalue weighted by molar-refractivity contribution is -0.870. The standard InChI is InChI=1S/C53H95NO8/c1-6-8-10-12-14-16-18-20-22-23-24-25-26-27-28-29-30-32-34-36-38-40-42-44-51(56)62-49(48-61-53(52(57)58)59-46-45-54(3,4)5)47-60-50(55)43-41-39-37-35-33-31-21-19-17-15-13-11-9-7-2/h8,10,14,16,20,22,24-25,49,53H,6-7,9,11-13,15,17-19,21,23,26-48H2,1-5H3/b10-8-,16-14-,22-20-,25-24-. The zero-order valence-corrected chi connectivity index (χ0v) is 40.7. The largest absolute Gasteiger partial charge is 0.545 e. The van der Waals surface area contributed by atoms with Gasteiger partial charge in [-0.15, -0.1) is 0 Å². The Labute approximate surface area is 381 Å². The number of quaternary nitrogens is 1. The number of aliphatic carboxylic acids is 1. The molecule has 9 heteroatoms. The number of hydrogen-bond acceptors (Lipinski definition) is 8. The average molecular weight is 874 g/mol. The van der Waals surface area contributed by atoms with Gasteiger partial charge in [0.05, 0.1) is 40.3 Å². The van der Waals surface area contributed by atoms with Crippen LogP contribution in [0.4, 0.5) is 0 Å². The average Bonchev–Trinajstić information content (AvgIpc) is 3.23. The number of allylic oxidation sites excluding steroid dienone is 8. The first-order valence-electron chi connectivity index (χ1n) is 25.3. The van der Waals surface area contributed by atoms with Crippen LogP contribution >= 0.6 is 0 Å². The molecule has 0 aliphatic rings. The fourth-order valence-corrected chi connectivity index (χ4v) is 6.94. The minimum absolute atomic E-state index is 0.147. The highest BCUT2D eigenvalue weighted by Gasteiger charge is 2.22. The van der Waals surface area contributed by atoms with E-state index in [2.05, 4.69) is 62.5 Å². The summed E-state index contributed by atoms with van der Waals surface area (Å²) < 4.78 is 22.6. The molecule has 0 saturated carbocycles. The van der Waals surface area contributed by atoms with Crippen LogP contribution in [0.1, 0.15) is 213 Å². The number of carbonyl (C=O) groups excluding carboxylic acids is 3. The van der Waals surface area contributed by atoms with E-state index in [4.69, 9.17) is 18.9 Å². The van der Waals surface area contributed by atoms with Gasteiger partial charge in [-0.1, -0.05) is 197 Å². The van der Waals surface area contributed by atoms with Crippen LogP contribution in [0.5, 0.6) is 0 Å². The molecule has 0 N–H and O–H groups in total. The molecular formula is C53H95NO8. The highest BCUT2D eigenvalue weighted by atomic mass is 16.7. The molecule has 0 aliphatic heterocycles. The van der Waals surface area contributed by atoms with Crippen LogP contribution in [0.15, 0.2) is 48.6 Å². The normalized spacial score (nSPS) is 13.2. The summed E-state index contributed by atoms with van der Waals surface area (Å²) >= 11 is 0. The van der Waals surface area contributed by atoms with Gasteiger partial charge >= 0.3 is 11.9 Å². The van der Waals surface area contributed by atoms with Crippen molar-refractivity contribution in [2.45, 2.75) is 225 Å². The quantitative estimate of drug-likeness (QED) is 0.0195. The van der Waals surface area contributed by atoms with Crippen molar-refractivity contribution >= 4 is 17.9 Å². The second kappa shape index (κ2) is 44.8. The third kappa shape index (κ3) is 45.3. The number of carbonyl (C=O) groups is 3. The molecule has 0 amide bonds. The molecule has 2 atom stereocenters. The van der Waals surface area contributed by atoms with E-state index < -0.39 is 24.3 Å². The third-order valence-corrected chi connectivity index (χ3v) is 10.8. The minimum Gasteiger partial charge on any atom is -0.545 e. The van der Waals surface area contributed by atoms with Gasteiger partial charge in [-0.3, -0.25) is 9.59 Å². The van der Waals surface area contributed by atoms with E-state index in [1.807, 2.05) is 21.1 Å². The van der Waals surface area contributed by atoms with Crippen LogP contribution in [-0.4, -0.2) is 82.3 Å². The lowest BCUT2D eigenvalue weighted by atomic mass is 10.0. The van der Waals surface area contributed by atoms with E-state index in [1.165, 1.54) is 109 Å². The zero-order valence-electron chi connectivity index (χ0n) is 40.7. The summed E-state index contributed by atoms with van der Waals surface area (Å²) in [6, 6.07) is 0. The lowest BCUT2D eigenvalue weighted by Crippen LogP contribution is -2.44. The number of rotatable bonds is 46. The smallest absolute Gasteiger partial charge is 0.306 e. The van der Waals surface area contributed by atoms with Gasteiger partial charge in [0.1, 0.15) is 13.2 Å². The molecule has 0 fully saturated rings. The Morgan fingerprint density at radius 1 is 0.500 bits per heavy atom. The molecule has 0 heterocycles. The highest BCUT2D eigenvalue weighted by Crippen LogP contribution is 2.15. The van der Waals surface area contributed by atoms with Crippen LogP contribution in [0, 0.1) is 0 Å². The minimum atomic E-state index is -1.62. The summed E-state index contributed by atoms with van der Waals surface area (Å²) in [6.07, 6.45) is 50.0. The van der Waals surface area contributed by atoms with Crippen molar-refractivity contribution in [3.63, 3.8) is 0 Å². The molecule has 0 aliphatic carbocycles. The van der Waals surface area contributed by atoms with Gasteiger partial charge in [-0.2, -0.15) is 0 Å². The molecule has 0 aromatic heterocycles. The van der Waals surface area contributed by atoms with E-state index in [0.29, 0.717) is 23.9 Å². The Morgan fingerprint density at radius 2 is 0.919 bits per heavy atom. The fourth-order valence-electron chi connectivity index (χ4n) is 6.94. The first kappa shape index (κ1) is 59.2. The van der Waals surface area contributed by atoms with Crippen molar-refractivity contribution in [1.82, 2.24) is 0 Å². The number of carboxylic acid groups (broad SMARTS) is 1. The van der Waals surface area contributed by atoms with Gasteiger partial charge in [-0.05, 0) is 51.4 Å². The number of unbranched alkanes of at least 4 members (excludes halogenated alkanes) is 23. The van der Waals surface area contributed by atoms with E-state index in [0.717, 1.165) is 70.6 Å². The number of carboxylic acids is 1. The number of likely N-dealkylation sites (N-methyl/N-ethyl adjacent to an activating group) is 1. The van der Waals surface area contributed by atoms with Gasteiger partial charge in [0.2, 0.25) is 0 Å². The number of ether oxygens (including phenoxy) is 4. The van der Waals surface area contributed by atoms with E-state index in [-0.39, 0.29) is 32.2 Å². The predicted octanol–water partition coefficient (Wildman–Crippen LogP) is 12.6. The maximum Gasteiger partial charge on any atom is 0.306 e. The predicted molar refractivity (Wildman–Crippen MR) is 255 cm³/mol. The summed E-state index contributed by atoms with van der Waals surface area (Å²) in [7, 11) is 5.91. The van der Waals surface area contributed by atoms with Crippen molar-refractivity contribution in [3.05, 3.63) is 48.6 Å². The summed E-state index contributed by atoms with van der Waals surface area (Å²) in [5, 5.41) is 11.7. The molecule has 0 aromatic rings. The molecule has 2 unspecified atom stereocenters. The summed E-state index contributed by atoms with van der Waals surface area (Å²) in [5.41, 5.74) is 0. The molecule has 0 bridgehead atoms. The molecule has 360 valence electrons. The lowest BCUT2D eigenvalue weighted by Gasteiger charge is -2.26. The van der Waals surface area contributed by atoms with Crippen LogP contribution < -0.4 is 5.11 Å². The molecule has 0 rings (SSSR count). The maximum atomic E-state index is 12.8. The first-order valence-corrected chi connectivity index (χ1v) is 25.3. The van der Waals surface area contributed by atoms with E-state index >= 15 is 0 Å². The zero-order chi connectivity index (χ0) is 45.6. The second-order valence-electron chi connectivity index (χ2n) is 18.1. The van der Waals surface area contributed by atoms with Gasteiger partial charge in [0, 0.05) is 12.8 Å². The van der Waals surface area contributed by atoms with Crippen molar-refractivity contribution in [2.75, 3.05) is 47.5 Å². The summed E-state index contributed by atoms with van der Waals surface area (Å²) in [5.74, 6) is -2.28. The molecule has 0 saturated heterocycles. The Hall–Kier alpha value is -2.75. The number of esters is 2. The Bertz CT molecular complexity index is 1160. The van der Waals surface area contributed by atoms with Gasteiger partial charge in [0.15, 0.2) is 12.4 Å². The van der Waals surface area contributed by atoms with Crippen molar-refractivity contribution in [3.8, 4) is 0 Å². The Morgan fingerprint density at radius 3 is 1.37 bits per heavy atom. The Kier molecular flexibility index (Phi) is 42.9. The van der Waals surface area contributed by atoms with Crippen LogP contribution in [0.2, 0.25) is 0 Å².